The summed E-state index contributed by atoms with van der Waals surface area (Å²) in [6, 6.07) is 96.0. The van der Waals surface area contributed by atoms with Gasteiger partial charge in [-0.05, 0) is 128 Å². The summed E-state index contributed by atoms with van der Waals surface area (Å²) in [5.74, 6) is 9.27. The fraction of sp³-hybridized carbons (Fsp3) is 0. The molecule has 6 aliphatic rings. The van der Waals surface area contributed by atoms with Crippen molar-refractivity contribution in [3.8, 4) is 69.0 Å². The van der Waals surface area contributed by atoms with Crippen molar-refractivity contribution < 1.29 is 28.4 Å². The van der Waals surface area contributed by atoms with Crippen molar-refractivity contribution in [2.75, 3.05) is 9.80 Å². The molecule has 0 unspecified atom stereocenters. The van der Waals surface area contributed by atoms with E-state index in [0.717, 1.165) is 185 Å². The van der Waals surface area contributed by atoms with Crippen molar-refractivity contribution >= 4 is 136 Å². The molecule has 14 aromatic carbocycles. The highest BCUT2D eigenvalue weighted by molar-refractivity contribution is 7.00. The van der Waals surface area contributed by atoms with E-state index in [4.69, 9.17) is 28.4 Å². The lowest BCUT2D eigenvalue weighted by Crippen LogP contribution is -2.57. The van der Waals surface area contributed by atoms with Gasteiger partial charge in [0.05, 0.1) is 11.4 Å². The van der Waals surface area contributed by atoms with Gasteiger partial charge in [-0.15, -0.1) is 0 Å². The van der Waals surface area contributed by atoms with Crippen molar-refractivity contribution in [2.45, 2.75) is 0 Å². The monoisotopic (exact) mass is 1140 g/mol. The molecule has 0 aliphatic carbocycles. The van der Waals surface area contributed by atoms with Crippen LogP contribution in [0.1, 0.15) is 0 Å². The van der Waals surface area contributed by atoms with Crippen LogP contribution in [0.25, 0.3) is 32.3 Å². The second-order valence-electron chi connectivity index (χ2n) is 23.6. The van der Waals surface area contributed by atoms with E-state index in [0.29, 0.717) is 0 Å². The molecule has 0 amide bonds. The minimum absolute atomic E-state index is 0.167. The smallest absolute Gasteiger partial charge is 0.260 e. The maximum atomic E-state index is 7.80. The molecule has 6 aliphatic heterocycles. The summed E-state index contributed by atoms with van der Waals surface area (Å²) in [6.45, 7) is -0.643. The Balaban J connectivity index is 0.891. The van der Waals surface area contributed by atoms with Gasteiger partial charge in [0.1, 0.15) is 69.0 Å². The lowest BCUT2D eigenvalue weighted by atomic mass is 9.34. The maximum Gasteiger partial charge on any atom is 0.260 e. The number of fused-ring (bicyclic) bond motifs is 21. The minimum Gasteiger partial charge on any atom is -0.458 e. The number of rotatable bonds is 6. The van der Waals surface area contributed by atoms with Crippen molar-refractivity contribution in [1.29, 1.82) is 0 Å². The van der Waals surface area contributed by atoms with E-state index in [9.17, 15) is 0 Å². The molecule has 0 spiro atoms. The number of hydrogen-bond donors (Lipinski definition) is 0. The minimum atomic E-state index is -0.238. The number of benzene rings is 14. The molecular formula is C78H45B3N2O6. The molecule has 0 atom stereocenters. The van der Waals surface area contributed by atoms with E-state index in [1.807, 2.05) is 12.1 Å². The van der Waals surface area contributed by atoms with Gasteiger partial charge >= 0.3 is 0 Å². The van der Waals surface area contributed by atoms with Crippen LogP contribution in [0.5, 0.6) is 69.0 Å². The Morgan fingerprint density at radius 3 is 0.831 bits per heavy atom. The van der Waals surface area contributed by atoms with Crippen LogP contribution in [0.4, 0.5) is 34.1 Å². The Kier molecular flexibility index (Phi) is 10.1. The summed E-state index contributed by atoms with van der Waals surface area (Å²) >= 11 is 0. The summed E-state index contributed by atoms with van der Waals surface area (Å²) < 4.78 is 43.8. The predicted molar refractivity (Wildman–Crippen MR) is 361 cm³/mol. The molecule has 0 bridgehead atoms. The van der Waals surface area contributed by atoms with Gasteiger partial charge < -0.3 is 38.2 Å². The predicted octanol–water partition coefficient (Wildman–Crippen LogP) is 14.3. The normalized spacial score (nSPS) is 13.4. The highest BCUT2D eigenvalue weighted by Gasteiger charge is 2.46. The third kappa shape index (κ3) is 6.98. The van der Waals surface area contributed by atoms with Gasteiger partial charge in [0, 0.05) is 79.6 Å². The molecule has 14 aromatic rings. The van der Waals surface area contributed by atoms with Crippen molar-refractivity contribution in [3.63, 3.8) is 0 Å². The lowest BCUT2D eigenvalue weighted by Gasteiger charge is -2.37. The van der Waals surface area contributed by atoms with Crippen LogP contribution in [0.15, 0.2) is 273 Å². The molecule has 0 N–H and O–H groups in total. The molecule has 0 fully saturated rings. The summed E-state index contributed by atoms with van der Waals surface area (Å²) in [6.07, 6.45) is 0. The van der Waals surface area contributed by atoms with E-state index < -0.39 is 0 Å². The molecule has 0 saturated heterocycles. The van der Waals surface area contributed by atoms with Crippen molar-refractivity contribution in [2.24, 2.45) is 0 Å². The molecule has 0 saturated carbocycles. The van der Waals surface area contributed by atoms with Crippen LogP contribution in [-0.4, -0.2) is 20.1 Å². The van der Waals surface area contributed by atoms with Gasteiger partial charge in [0.2, 0.25) is 0 Å². The Labute approximate surface area is 513 Å². The third-order valence-electron chi connectivity index (χ3n) is 18.9. The SMILES string of the molecule is c1ccc(N(c2ccccc2)c2cc3c4c(c2)Oc2c(ccc5c6c7c(ccc6c6c8c(ccc6c25)B2c5ccccc5Oc5cc(N(c6ccccc6)c6ccccc6)cc(c52)O8)B2c5ccccc5Oc5cccc(c52)O7)B4c2ccccc2O3)cc1. The zero-order valence-corrected chi connectivity index (χ0v) is 47.6. The lowest BCUT2D eigenvalue weighted by molar-refractivity contribution is 0.467. The zero-order valence-electron chi connectivity index (χ0n) is 47.6. The summed E-state index contributed by atoms with van der Waals surface area (Å²) in [5.41, 5.74) is 15.2. The third-order valence-corrected chi connectivity index (χ3v) is 18.9. The second-order valence-corrected chi connectivity index (χ2v) is 23.6. The Hall–Kier alpha value is -11.5. The highest BCUT2D eigenvalue weighted by atomic mass is 16.5. The van der Waals surface area contributed by atoms with Gasteiger partial charge in [-0.2, -0.15) is 0 Å². The fourth-order valence-electron chi connectivity index (χ4n) is 15.3. The highest BCUT2D eigenvalue weighted by Crippen LogP contribution is 2.52. The maximum absolute atomic E-state index is 7.80. The van der Waals surface area contributed by atoms with Gasteiger partial charge in [-0.1, -0.05) is 170 Å². The molecule has 20 rings (SSSR count). The first-order valence-corrected chi connectivity index (χ1v) is 30.3. The van der Waals surface area contributed by atoms with Crippen LogP contribution in [0, 0.1) is 0 Å². The first-order chi connectivity index (χ1) is 44.1. The van der Waals surface area contributed by atoms with Crippen LogP contribution in [0.3, 0.4) is 0 Å². The fourth-order valence-corrected chi connectivity index (χ4v) is 15.3. The average molecular weight is 1140 g/mol. The zero-order chi connectivity index (χ0) is 58.0. The number of anilines is 6. The molecule has 89 heavy (non-hydrogen) atoms. The van der Waals surface area contributed by atoms with Crippen molar-refractivity contribution in [1.82, 2.24) is 0 Å². The van der Waals surface area contributed by atoms with Gasteiger partial charge in [-0.3, -0.25) is 0 Å². The van der Waals surface area contributed by atoms with Crippen molar-refractivity contribution in [3.05, 3.63) is 273 Å². The molecule has 8 nitrogen and oxygen atoms in total. The molecule has 412 valence electrons. The molecule has 0 radical (unpaired) electrons. The molecular weight excluding hydrogens is 1090 g/mol. The summed E-state index contributed by atoms with van der Waals surface area (Å²) in [5, 5.41) is 5.86. The van der Waals surface area contributed by atoms with Crippen LogP contribution in [0.2, 0.25) is 0 Å². The number of ether oxygens (including phenoxy) is 6. The topological polar surface area (TPSA) is 61.9 Å². The Morgan fingerprint density at radius 2 is 0.472 bits per heavy atom. The van der Waals surface area contributed by atoms with Crippen LogP contribution in [-0.2, 0) is 0 Å². The van der Waals surface area contributed by atoms with E-state index >= 15 is 0 Å². The van der Waals surface area contributed by atoms with Gasteiger partial charge in [0.15, 0.2) is 0 Å². The summed E-state index contributed by atoms with van der Waals surface area (Å²) in [7, 11) is 0. The van der Waals surface area contributed by atoms with E-state index in [1.165, 1.54) is 0 Å². The van der Waals surface area contributed by atoms with E-state index in [1.54, 1.807) is 0 Å². The van der Waals surface area contributed by atoms with E-state index in [-0.39, 0.29) is 20.1 Å². The molecule has 6 heterocycles. The first kappa shape index (κ1) is 48.7. The van der Waals surface area contributed by atoms with Gasteiger partial charge in [0.25, 0.3) is 20.1 Å². The van der Waals surface area contributed by atoms with Crippen LogP contribution < -0.4 is 87.4 Å². The van der Waals surface area contributed by atoms with Crippen LogP contribution >= 0.6 is 0 Å². The molecule has 0 aromatic heterocycles. The molecule has 11 heteroatoms. The van der Waals surface area contributed by atoms with Gasteiger partial charge in [-0.25, -0.2) is 0 Å². The second kappa shape index (κ2) is 18.5. The first-order valence-electron chi connectivity index (χ1n) is 30.3. The number of para-hydroxylation sites is 7. The number of nitrogens with zero attached hydrogens (tertiary/aromatic N) is 2. The Bertz CT molecular complexity index is 5060. The van der Waals surface area contributed by atoms with E-state index in [2.05, 4.69) is 271 Å². The summed E-state index contributed by atoms with van der Waals surface area (Å²) in [4.78, 5) is 4.54. The quantitative estimate of drug-likeness (QED) is 0.121. The standard InChI is InChI=1S/C78H45B3N2O6/c1-5-20-46(21-6-1)82(47-22-7-2-8-23-47)50-42-66-74-68(44-50)88-77-59(80(74)56-29-14-17-32-62(56)85-66)40-37-53-70-52(36-39-58-76(70)87-65-35-19-34-64-73(65)79(58)55-28-13-16-31-61(55)84-64)71-54(72(53)77)38-41-60-78(71)89-69-45-51(43-67-75(69)81(60)57-30-15-18-33-63(57)86-67)83(48-24-9-3-10-25-48)49-26-11-4-12-27-49/h1-45H. The number of hydrogen-bond acceptors (Lipinski definition) is 8. The Morgan fingerprint density at radius 1 is 0.202 bits per heavy atom. The largest absolute Gasteiger partial charge is 0.458 e. The average Bonchev–Trinajstić information content (AvgIpc) is 0.734.